The summed E-state index contributed by atoms with van der Waals surface area (Å²) in [5.41, 5.74) is 1.53. The summed E-state index contributed by atoms with van der Waals surface area (Å²) in [4.78, 5) is 32.7. The molecule has 2 aliphatic rings. The van der Waals surface area contributed by atoms with Crippen molar-refractivity contribution in [3.8, 4) is 6.07 Å². The molecule has 35 heavy (non-hydrogen) atoms. The zero-order valence-corrected chi connectivity index (χ0v) is 23.5. The molecule has 0 N–H and O–H groups in total. The third-order valence-corrected chi connectivity index (χ3v) is 7.44. The van der Waals surface area contributed by atoms with E-state index in [-0.39, 0.29) is 11.8 Å². The maximum absolute atomic E-state index is 12.3. The molecule has 2 aromatic rings. The van der Waals surface area contributed by atoms with Gasteiger partial charge in [0.1, 0.15) is 6.07 Å². The van der Waals surface area contributed by atoms with Crippen molar-refractivity contribution in [2.24, 2.45) is 0 Å². The molecule has 4 rings (SSSR count). The van der Waals surface area contributed by atoms with Crippen LogP contribution in [0.25, 0.3) is 0 Å². The lowest BCUT2D eigenvalue weighted by molar-refractivity contribution is 0.0656. The average Bonchev–Trinajstić information content (AvgIpc) is 2.84. The minimum Gasteiger partial charge on any atom is -0.336 e. The highest BCUT2D eigenvalue weighted by Crippen LogP contribution is 2.20. The highest BCUT2D eigenvalue weighted by atomic mass is 127. The van der Waals surface area contributed by atoms with Gasteiger partial charge in [-0.1, -0.05) is 23.2 Å². The molecule has 0 atom stereocenters. The largest absolute Gasteiger partial charge is 0.336 e. The molecule has 2 saturated heterocycles. The summed E-state index contributed by atoms with van der Waals surface area (Å²) in [7, 11) is 4.11. The number of likely N-dealkylation sites (N-methyl/N-ethyl adjacent to an activating group) is 2. The molecule has 0 aromatic heterocycles. The number of hydrogen-bond acceptors (Lipinski definition) is 5. The third kappa shape index (κ3) is 7.54. The first kappa shape index (κ1) is 27.7. The van der Waals surface area contributed by atoms with Crippen LogP contribution < -0.4 is 0 Å². The minimum absolute atomic E-state index is 0.0867. The van der Waals surface area contributed by atoms with Crippen LogP contribution in [-0.2, 0) is 0 Å². The van der Waals surface area contributed by atoms with E-state index >= 15 is 0 Å². The van der Waals surface area contributed by atoms with Crippen LogP contribution in [0.4, 0.5) is 0 Å². The number of carbonyl (C=O) groups is 2. The van der Waals surface area contributed by atoms with Gasteiger partial charge in [-0.2, -0.15) is 5.26 Å². The van der Waals surface area contributed by atoms with E-state index < -0.39 is 0 Å². The van der Waals surface area contributed by atoms with Gasteiger partial charge < -0.3 is 19.6 Å². The van der Waals surface area contributed by atoms with Crippen LogP contribution in [0.3, 0.4) is 0 Å². The van der Waals surface area contributed by atoms with Gasteiger partial charge in [-0.3, -0.25) is 9.59 Å². The van der Waals surface area contributed by atoms with Crippen molar-refractivity contribution in [1.82, 2.24) is 19.6 Å². The monoisotopic (exact) mass is 627 g/mol. The van der Waals surface area contributed by atoms with Crippen molar-refractivity contribution in [3.63, 3.8) is 0 Å². The van der Waals surface area contributed by atoms with Crippen LogP contribution in [-0.4, -0.2) is 97.9 Å². The molecule has 10 heteroatoms. The molecule has 7 nitrogen and oxygen atoms in total. The van der Waals surface area contributed by atoms with E-state index in [1.165, 1.54) is 6.07 Å². The maximum Gasteiger partial charge on any atom is 0.255 e. The Labute approximate surface area is 230 Å². The maximum atomic E-state index is 12.3. The van der Waals surface area contributed by atoms with Crippen LogP contribution in [0.2, 0.25) is 10.0 Å². The van der Waals surface area contributed by atoms with Crippen molar-refractivity contribution in [2.75, 3.05) is 66.5 Å². The summed E-state index contributed by atoms with van der Waals surface area (Å²) >= 11 is 13.9. The number of amides is 2. The molecular weight excluding hydrogens is 600 g/mol. The molecule has 0 radical (unpaired) electrons. The van der Waals surface area contributed by atoms with Gasteiger partial charge in [0.05, 0.1) is 16.7 Å². The second-order valence-electron chi connectivity index (χ2n) is 8.62. The molecule has 2 amide bonds. The number of nitriles is 1. The predicted molar refractivity (Wildman–Crippen MR) is 147 cm³/mol. The summed E-state index contributed by atoms with van der Waals surface area (Å²) in [6.45, 7) is 6.60. The van der Waals surface area contributed by atoms with E-state index in [2.05, 4.69) is 39.4 Å². The van der Waals surface area contributed by atoms with E-state index in [0.29, 0.717) is 34.3 Å². The summed E-state index contributed by atoms with van der Waals surface area (Å²) in [5.74, 6) is 0.0236. The van der Waals surface area contributed by atoms with Crippen LogP contribution in [0.1, 0.15) is 26.3 Å². The lowest BCUT2D eigenvalue weighted by atomic mass is 10.1. The Morgan fingerprint density at radius 1 is 0.771 bits per heavy atom. The van der Waals surface area contributed by atoms with Crippen LogP contribution >= 0.6 is 45.8 Å². The Hall–Kier alpha value is -1.90. The highest BCUT2D eigenvalue weighted by Gasteiger charge is 2.23. The number of carbonyl (C=O) groups excluding carboxylic acids is 2. The quantitative estimate of drug-likeness (QED) is 0.472. The fourth-order valence-electron chi connectivity index (χ4n) is 3.82. The molecule has 0 saturated carbocycles. The van der Waals surface area contributed by atoms with E-state index in [0.717, 1.165) is 48.4 Å². The van der Waals surface area contributed by atoms with Crippen LogP contribution in [0.15, 0.2) is 36.4 Å². The molecule has 0 unspecified atom stereocenters. The van der Waals surface area contributed by atoms with Crippen molar-refractivity contribution >= 4 is 57.6 Å². The second-order valence-corrected chi connectivity index (χ2v) is 10.7. The van der Waals surface area contributed by atoms with E-state index in [9.17, 15) is 9.59 Å². The average molecular weight is 628 g/mol. The van der Waals surface area contributed by atoms with Crippen molar-refractivity contribution in [3.05, 3.63) is 66.7 Å². The van der Waals surface area contributed by atoms with Crippen LogP contribution in [0.5, 0.6) is 0 Å². The van der Waals surface area contributed by atoms with Gasteiger partial charge in [0.2, 0.25) is 0 Å². The molecule has 186 valence electrons. The number of rotatable bonds is 2. The molecular formula is C25H28Cl2IN5O2. The third-order valence-electron chi connectivity index (χ3n) is 6.07. The summed E-state index contributed by atoms with van der Waals surface area (Å²) in [6, 6.07) is 12.2. The first-order valence-electron chi connectivity index (χ1n) is 11.3. The van der Waals surface area contributed by atoms with Crippen molar-refractivity contribution < 1.29 is 9.59 Å². The molecule has 0 aliphatic carbocycles. The van der Waals surface area contributed by atoms with Gasteiger partial charge in [0.25, 0.3) is 11.8 Å². The van der Waals surface area contributed by atoms with Gasteiger partial charge in [-0.05, 0) is 73.1 Å². The Morgan fingerprint density at radius 3 is 1.66 bits per heavy atom. The zero-order chi connectivity index (χ0) is 25.5. The number of piperazine rings is 2. The van der Waals surface area contributed by atoms with Gasteiger partial charge >= 0.3 is 0 Å². The molecule has 2 aromatic carbocycles. The summed E-state index contributed by atoms with van der Waals surface area (Å²) < 4.78 is 0.916. The van der Waals surface area contributed by atoms with Crippen molar-refractivity contribution in [2.45, 2.75) is 0 Å². The Balaban J connectivity index is 0.000000196. The number of nitrogens with zero attached hydrogens (tertiary/aromatic N) is 5. The van der Waals surface area contributed by atoms with Gasteiger partial charge in [0.15, 0.2) is 0 Å². The smallest absolute Gasteiger partial charge is 0.255 e. The molecule has 2 heterocycles. The minimum atomic E-state index is -0.0867. The first-order chi connectivity index (χ1) is 16.7. The Bertz CT molecular complexity index is 1110. The van der Waals surface area contributed by atoms with Crippen molar-refractivity contribution in [1.29, 1.82) is 5.26 Å². The lowest BCUT2D eigenvalue weighted by Gasteiger charge is -2.32. The number of hydrogen-bond donors (Lipinski definition) is 0. The van der Waals surface area contributed by atoms with Gasteiger partial charge in [0, 0.05) is 66.0 Å². The molecule has 0 spiro atoms. The Morgan fingerprint density at radius 2 is 1.20 bits per heavy atom. The van der Waals surface area contributed by atoms with E-state index in [1.54, 1.807) is 23.1 Å². The fourth-order valence-corrected chi connectivity index (χ4v) is 5.09. The zero-order valence-electron chi connectivity index (χ0n) is 19.8. The second kappa shape index (κ2) is 12.9. The highest BCUT2D eigenvalue weighted by molar-refractivity contribution is 14.1. The summed E-state index contributed by atoms with van der Waals surface area (Å²) in [6.07, 6.45) is 0. The molecule has 2 aliphatic heterocycles. The first-order valence-corrected chi connectivity index (χ1v) is 13.1. The normalized spacial score (nSPS) is 16.8. The Kier molecular flexibility index (Phi) is 10.2. The van der Waals surface area contributed by atoms with E-state index in [1.807, 2.05) is 30.1 Å². The van der Waals surface area contributed by atoms with Gasteiger partial charge in [-0.15, -0.1) is 0 Å². The van der Waals surface area contributed by atoms with Crippen LogP contribution in [0, 0.1) is 14.9 Å². The van der Waals surface area contributed by atoms with Gasteiger partial charge in [-0.25, -0.2) is 0 Å². The topological polar surface area (TPSA) is 70.9 Å². The number of halogens is 3. The summed E-state index contributed by atoms with van der Waals surface area (Å²) in [5, 5.41) is 10.2. The standard InChI is InChI=1S/C13H14ClN3O.C12H14ClIN2O/c1-16-4-6-17(7-5-16)13(18)12-3-2-11(14)8-10(12)9-15;1-15-4-6-16(7-5-15)12(17)10-3-2-9(13)8-11(10)14/h2-3,8H,4-7H2,1H3;2-3,8H,4-7H2,1H3. The lowest BCUT2D eigenvalue weighted by Crippen LogP contribution is -2.47. The number of benzene rings is 2. The van der Waals surface area contributed by atoms with E-state index in [4.69, 9.17) is 28.5 Å². The predicted octanol–water partition coefficient (Wildman–Crippen LogP) is 3.93. The molecule has 0 bridgehead atoms. The molecule has 2 fully saturated rings. The SMILES string of the molecule is CN1CCN(C(=O)c2ccc(Cl)cc2C#N)CC1.CN1CCN(C(=O)c2ccc(Cl)cc2I)CC1. The fraction of sp³-hybridized carbons (Fsp3) is 0.400.